The first kappa shape index (κ1) is 40.6. The summed E-state index contributed by atoms with van der Waals surface area (Å²) >= 11 is 0.951. The van der Waals surface area contributed by atoms with Crippen molar-refractivity contribution < 1.29 is 29.3 Å². The maximum Gasteiger partial charge on any atom is 0.411 e. The van der Waals surface area contributed by atoms with Gasteiger partial charge in [-0.25, -0.2) is 4.79 Å². The van der Waals surface area contributed by atoms with Gasteiger partial charge in [0.25, 0.3) is 0 Å². The Kier molecular flexibility index (Phi) is 13.2. The highest BCUT2D eigenvalue weighted by molar-refractivity contribution is 7.16. The third kappa shape index (κ3) is 10.3. The van der Waals surface area contributed by atoms with Gasteiger partial charge in [0.1, 0.15) is 17.4 Å². The minimum Gasteiger partial charge on any atom is -0.506 e. The van der Waals surface area contributed by atoms with Crippen molar-refractivity contribution in [1.29, 1.82) is 0 Å². The minimum atomic E-state index is -0.874. The number of aromatic nitrogens is 1. The maximum atomic E-state index is 12.9. The van der Waals surface area contributed by atoms with Crippen LogP contribution >= 0.6 is 11.3 Å². The molecule has 13 nitrogen and oxygen atoms in total. The number of nitrogens with one attached hydrogen (secondary N) is 4. The van der Waals surface area contributed by atoms with Crippen LogP contribution in [0.4, 0.5) is 16.2 Å². The number of thiazole rings is 1. The number of phenolic OH excluding ortho intramolecular Hbond substituents is 1. The molecule has 0 radical (unpaired) electrons. The number of fused-ring (bicyclic) bond motifs is 2. The highest BCUT2D eigenvalue weighted by Crippen LogP contribution is 2.40. The standard InChI is InChI=1S/C44H50N6O7S/c1-49(20-7-12-39(53)46-32-15-13-28(14-16-32)24-45-25-38(52)35-17-18-37(51)41-42(35)58-44(56)48-41)40(54)19-21-50-26-30-22-33(23-31(30)27-50)57-43(55)47-36-11-6-5-10-34(36)29-8-3-2-4-9-29/h2-6,8-11,13-18,30-31,33,38,45,51-52H,7,12,19-27H2,1H3,(H,46,53)(H,47,55)(H,48,56)/t30-,31+,33?,38-/m0/s1. The molecule has 7 rings (SSSR count). The number of hydrogen-bond donors (Lipinski definition) is 6. The predicted octanol–water partition coefficient (Wildman–Crippen LogP) is 6.31. The number of aliphatic hydroxyl groups excluding tert-OH is 1. The molecule has 2 aliphatic rings. The largest absolute Gasteiger partial charge is 0.506 e. The second kappa shape index (κ2) is 18.8. The van der Waals surface area contributed by atoms with Gasteiger partial charge in [0, 0.05) is 76.0 Å². The van der Waals surface area contributed by atoms with Crippen LogP contribution in [-0.2, 0) is 20.9 Å². The van der Waals surface area contributed by atoms with E-state index in [-0.39, 0.29) is 41.5 Å². The summed E-state index contributed by atoms with van der Waals surface area (Å²) in [6.45, 7) is 3.69. The number of anilines is 2. The molecule has 14 heteroatoms. The van der Waals surface area contributed by atoms with Crippen molar-refractivity contribution in [3.63, 3.8) is 0 Å². The van der Waals surface area contributed by atoms with Gasteiger partial charge in [-0.1, -0.05) is 78.1 Å². The Morgan fingerprint density at radius 3 is 2.41 bits per heavy atom. The Labute approximate surface area is 341 Å². The summed E-state index contributed by atoms with van der Waals surface area (Å²) < 4.78 is 6.40. The molecule has 1 aliphatic carbocycles. The number of para-hydroxylation sites is 1. The molecule has 58 heavy (non-hydrogen) atoms. The van der Waals surface area contributed by atoms with Crippen LogP contribution in [0.2, 0.25) is 0 Å². The molecule has 0 spiro atoms. The summed E-state index contributed by atoms with van der Waals surface area (Å²) in [7, 11) is 1.78. The second-order valence-corrected chi connectivity index (χ2v) is 16.3. The lowest BCUT2D eigenvalue weighted by molar-refractivity contribution is -0.130. The van der Waals surface area contributed by atoms with Crippen LogP contribution in [0.3, 0.4) is 0 Å². The number of hydrogen-bond acceptors (Lipinski definition) is 10. The van der Waals surface area contributed by atoms with Crippen LogP contribution in [0.15, 0.2) is 95.8 Å². The topological polar surface area (TPSA) is 176 Å². The predicted molar refractivity (Wildman–Crippen MR) is 226 cm³/mol. The van der Waals surface area contributed by atoms with E-state index in [0.717, 1.165) is 59.6 Å². The zero-order valence-electron chi connectivity index (χ0n) is 32.5. The van der Waals surface area contributed by atoms with Gasteiger partial charge in [-0.05, 0) is 66.5 Å². The molecule has 1 aromatic heterocycles. The van der Waals surface area contributed by atoms with Gasteiger partial charge in [-0.15, -0.1) is 0 Å². The number of amides is 3. The number of aliphatic hydroxyl groups is 1. The van der Waals surface area contributed by atoms with Crippen molar-refractivity contribution in [2.75, 3.05) is 50.4 Å². The van der Waals surface area contributed by atoms with Crippen molar-refractivity contribution in [1.82, 2.24) is 20.1 Å². The molecule has 1 unspecified atom stereocenters. The van der Waals surface area contributed by atoms with Crippen LogP contribution in [0, 0.1) is 11.8 Å². The van der Waals surface area contributed by atoms with Crippen molar-refractivity contribution in [2.45, 2.75) is 50.9 Å². The third-order valence-electron chi connectivity index (χ3n) is 11.1. The van der Waals surface area contributed by atoms with E-state index < -0.39 is 12.2 Å². The van der Waals surface area contributed by atoms with Gasteiger partial charge in [0.2, 0.25) is 11.8 Å². The average molecular weight is 807 g/mol. The van der Waals surface area contributed by atoms with Gasteiger partial charge in [-0.3, -0.25) is 19.7 Å². The Hall–Kier alpha value is -5.54. The molecule has 4 atom stereocenters. The van der Waals surface area contributed by atoms with Crippen molar-refractivity contribution in [3.8, 4) is 16.9 Å². The van der Waals surface area contributed by atoms with Crippen molar-refractivity contribution in [3.05, 3.63) is 112 Å². The van der Waals surface area contributed by atoms with Crippen LogP contribution in [0.5, 0.6) is 5.75 Å². The fourth-order valence-corrected chi connectivity index (χ4v) is 9.03. The number of H-pyrrole nitrogens is 1. The van der Waals surface area contributed by atoms with Crippen molar-refractivity contribution >= 4 is 50.8 Å². The molecule has 2 heterocycles. The molecule has 2 fully saturated rings. The second-order valence-electron chi connectivity index (χ2n) is 15.3. The van der Waals surface area contributed by atoms with E-state index in [1.54, 1.807) is 18.0 Å². The molecule has 1 saturated heterocycles. The molecular formula is C44H50N6O7S. The summed E-state index contributed by atoms with van der Waals surface area (Å²) in [5.74, 6) is 0.785. The molecular weight excluding hydrogens is 757 g/mol. The Morgan fingerprint density at radius 2 is 1.66 bits per heavy atom. The normalized spacial score (nSPS) is 18.1. The SMILES string of the molecule is CN(CCCC(=O)Nc1ccc(CNC[C@H](O)c2ccc(O)c3[nH]c(=O)sc23)cc1)C(=O)CCN1C[C@H]2CC(OC(=O)Nc3ccccc3-c3ccccc3)C[C@H]2C1. The number of phenols is 1. The summed E-state index contributed by atoms with van der Waals surface area (Å²) in [6.07, 6.45) is 1.48. The maximum absolute atomic E-state index is 12.9. The van der Waals surface area contributed by atoms with Gasteiger partial charge in [-0.2, -0.15) is 0 Å². The lowest BCUT2D eigenvalue weighted by Gasteiger charge is -2.21. The third-order valence-corrected chi connectivity index (χ3v) is 12.1. The number of benzene rings is 4. The van der Waals surface area contributed by atoms with Crippen LogP contribution < -0.4 is 20.8 Å². The molecule has 1 aliphatic heterocycles. The molecule has 304 valence electrons. The van der Waals surface area contributed by atoms with Crippen molar-refractivity contribution in [2.24, 2.45) is 11.8 Å². The molecule has 4 aromatic carbocycles. The number of aromatic amines is 1. The summed E-state index contributed by atoms with van der Waals surface area (Å²) in [5, 5.41) is 29.8. The molecule has 3 amide bonds. The lowest BCUT2D eigenvalue weighted by Crippen LogP contribution is -2.33. The number of nitrogens with zero attached hydrogens (tertiary/aromatic N) is 2. The van der Waals surface area contributed by atoms with Gasteiger partial charge >= 0.3 is 11.0 Å². The van der Waals surface area contributed by atoms with E-state index in [1.807, 2.05) is 78.9 Å². The first-order valence-electron chi connectivity index (χ1n) is 19.8. The monoisotopic (exact) mass is 806 g/mol. The first-order valence-corrected chi connectivity index (χ1v) is 20.6. The van der Waals surface area contributed by atoms with Crippen LogP contribution in [0.1, 0.15) is 49.3 Å². The fourth-order valence-electron chi connectivity index (χ4n) is 8.11. The fraction of sp³-hybridized carbons (Fsp3) is 0.364. The van der Waals surface area contributed by atoms with E-state index in [4.69, 9.17) is 4.74 Å². The highest BCUT2D eigenvalue weighted by atomic mass is 32.1. The molecule has 1 saturated carbocycles. The lowest BCUT2D eigenvalue weighted by atomic mass is 10.0. The molecule has 6 N–H and O–H groups in total. The number of rotatable bonds is 16. The number of aromatic hydroxyl groups is 1. The number of carbonyl (C=O) groups is 3. The van der Waals surface area contributed by atoms with Crippen LogP contribution in [0.25, 0.3) is 21.3 Å². The summed E-state index contributed by atoms with van der Waals surface area (Å²) in [4.78, 5) is 56.6. The van der Waals surface area contributed by atoms with E-state index in [2.05, 4.69) is 25.8 Å². The Morgan fingerprint density at radius 1 is 0.931 bits per heavy atom. The van der Waals surface area contributed by atoms with Gasteiger partial charge in [0.05, 0.1) is 16.5 Å². The minimum absolute atomic E-state index is 0.0340. The van der Waals surface area contributed by atoms with Gasteiger partial charge < -0.3 is 40.4 Å². The number of ether oxygens (including phenoxy) is 1. The number of likely N-dealkylation sites (tertiary alicyclic amines) is 1. The van der Waals surface area contributed by atoms with Crippen LogP contribution in [-0.4, -0.2) is 88.8 Å². The molecule has 0 bridgehead atoms. The zero-order chi connectivity index (χ0) is 40.6. The smallest absolute Gasteiger partial charge is 0.411 e. The van der Waals surface area contributed by atoms with E-state index >= 15 is 0 Å². The average Bonchev–Trinajstić information content (AvgIpc) is 3.91. The van der Waals surface area contributed by atoms with E-state index in [0.29, 0.717) is 65.8 Å². The zero-order valence-corrected chi connectivity index (χ0v) is 33.3. The quantitative estimate of drug-likeness (QED) is 0.0668. The first-order chi connectivity index (χ1) is 28.1. The Balaban J connectivity index is 0.751. The van der Waals surface area contributed by atoms with E-state index in [1.165, 1.54) is 6.07 Å². The van der Waals surface area contributed by atoms with Gasteiger partial charge in [0.15, 0.2) is 0 Å². The summed E-state index contributed by atoms with van der Waals surface area (Å²) in [6, 6.07) is 28.2. The highest BCUT2D eigenvalue weighted by Gasteiger charge is 2.42. The summed E-state index contributed by atoms with van der Waals surface area (Å²) in [5.41, 5.74) is 5.22. The number of carbonyl (C=O) groups excluding carboxylic acids is 3. The Bertz CT molecular complexity index is 2250. The van der Waals surface area contributed by atoms with E-state index in [9.17, 15) is 29.4 Å². The molecule has 5 aromatic rings.